The highest BCUT2D eigenvalue weighted by Crippen LogP contribution is 2.34. The highest BCUT2D eigenvalue weighted by molar-refractivity contribution is 6.35. The Morgan fingerprint density at radius 3 is 2.32 bits per heavy atom. The van der Waals surface area contributed by atoms with Gasteiger partial charge in [-0.25, -0.2) is 4.98 Å². The number of nitrogens with zero attached hydrogens (tertiary/aromatic N) is 1. The Morgan fingerprint density at radius 1 is 0.960 bits per heavy atom. The van der Waals surface area contributed by atoms with Crippen molar-refractivity contribution >= 4 is 29.0 Å². The maximum Gasteiger partial charge on any atom is 0.127 e. The normalized spacial score (nSPS) is 10.7. The van der Waals surface area contributed by atoms with Crippen molar-refractivity contribution in [2.45, 2.75) is 13.8 Å². The number of nitrogens with one attached hydrogen (secondary N) is 1. The van der Waals surface area contributed by atoms with Gasteiger partial charge in [-0.15, -0.1) is 0 Å². The van der Waals surface area contributed by atoms with Gasteiger partial charge < -0.3 is 10.4 Å². The van der Waals surface area contributed by atoms with Crippen LogP contribution in [0.2, 0.25) is 10.0 Å². The fourth-order valence-electron chi connectivity index (χ4n) is 2.68. The van der Waals surface area contributed by atoms with Crippen LogP contribution in [-0.2, 0) is 0 Å². The summed E-state index contributed by atoms with van der Waals surface area (Å²) in [6, 6.07) is 14.8. The SMILES string of the molecule is CCNc1cc(-c2cc(Cl)cc(Cl)c2)cc(-c2cc(C)ccc2O)n1. The highest BCUT2D eigenvalue weighted by atomic mass is 35.5. The molecule has 0 bridgehead atoms. The number of rotatable bonds is 4. The quantitative estimate of drug-likeness (QED) is 0.575. The molecule has 1 aromatic heterocycles. The number of pyridine rings is 1. The average molecular weight is 373 g/mol. The largest absolute Gasteiger partial charge is 0.507 e. The van der Waals surface area contributed by atoms with Gasteiger partial charge >= 0.3 is 0 Å². The van der Waals surface area contributed by atoms with E-state index >= 15 is 0 Å². The van der Waals surface area contributed by atoms with Crippen LogP contribution in [0.25, 0.3) is 22.4 Å². The lowest BCUT2D eigenvalue weighted by Gasteiger charge is -2.12. The Morgan fingerprint density at radius 2 is 1.64 bits per heavy atom. The third-order valence-corrected chi connectivity index (χ3v) is 4.24. The summed E-state index contributed by atoms with van der Waals surface area (Å²) in [4.78, 5) is 4.63. The molecule has 0 fully saturated rings. The topological polar surface area (TPSA) is 45.1 Å². The third-order valence-electron chi connectivity index (χ3n) is 3.81. The summed E-state index contributed by atoms with van der Waals surface area (Å²) in [5.41, 5.74) is 4.24. The molecule has 0 aliphatic heterocycles. The average Bonchev–Trinajstić information content (AvgIpc) is 2.56. The summed E-state index contributed by atoms with van der Waals surface area (Å²) in [6.45, 7) is 4.73. The van der Waals surface area contributed by atoms with Crippen molar-refractivity contribution in [1.29, 1.82) is 0 Å². The zero-order valence-corrected chi connectivity index (χ0v) is 15.5. The van der Waals surface area contributed by atoms with E-state index in [0.717, 1.165) is 29.1 Å². The van der Waals surface area contributed by atoms with Crippen LogP contribution in [-0.4, -0.2) is 16.6 Å². The summed E-state index contributed by atoms with van der Waals surface area (Å²) < 4.78 is 0. The number of aromatic hydroxyl groups is 1. The standard InChI is InChI=1S/C20H18Cl2N2O/c1-3-23-20-10-14(13-7-15(21)11-16(22)8-13)9-18(24-20)17-6-12(2)4-5-19(17)25/h4-11,25H,3H2,1-2H3,(H,23,24). The van der Waals surface area contributed by atoms with Crippen molar-refractivity contribution in [3.63, 3.8) is 0 Å². The lowest BCUT2D eigenvalue weighted by Crippen LogP contribution is -2.01. The lowest BCUT2D eigenvalue weighted by molar-refractivity contribution is 0.477. The number of anilines is 1. The van der Waals surface area contributed by atoms with Crippen LogP contribution in [0.1, 0.15) is 12.5 Å². The summed E-state index contributed by atoms with van der Waals surface area (Å²) in [7, 11) is 0. The Labute approximate surface area is 157 Å². The molecule has 3 rings (SSSR count). The Bertz CT molecular complexity index is 905. The van der Waals surface area contributed by atoms with Gasteiger partial charge in [0.25, 0.3) is 0 Å². The Balaban J connectivity index is 2.19. The fraction of sp³-hybridized carbons (Fsp3) is 0.150. The first kappa shape index (κ1) is 17.6. The molecule has 2 N–H and O–H groups in total. The van der Waals surface area contributed by atoms with E-state index in [1.807, 2.05) is 50.2 Å². The molecule has 128 valence electrons. The second-order valence-corrected chi connectivity index (χ2v) is 6.71. The van der Waals surface area contributed by atoms with Crippen LogP contribution in [0.3, 0.4) is 0 Å². The molecule has 2 aromatic carbocycles. The van der Waals surface area contributed by atoms with Crippen molar-refractivity contribution in [3.05, 3.63) is 64.1 Å². The molecule has 0 saturated carbocycles. The minimum absolute atomic E-state index is 0.196. The van der Waals surface area contributed by atoms with Gasteiger partial charge in [-0.05, 0) is 67.4 Å². The number of phenolic OH excluding ortho intramolecular Hbond substituents is 1. The number of hydrogen-bond donors (Lipinski definition) is 2. The lowest BCUT2D eigenvalue weighted by atomic mass is 10.0. The van der Waals surface area contributed by atoms with E-state index in [1.165, 1.54) is 0 Å². The smallest absolute Gasteiger partial charge is 0.127 e. The fourth-order valence-corrected chi connectivity index (χ4v) is 3.21. The van der Waals surface area contributed by atoms with Gasteiger partial charge in [0.1, 0.15) is 11.6 Å². The van der Waals surface area contributed by atoms with E-state index in [1.54, 1.807) is 12.1 Å². The predicted octanol–water partition coefficient (Wildman–Crippen LogP) is 6.17. The number of benzene rings is 2. The molecular formula is C20H18Cl2N2O. The minimum Gasteiger partial charge on any atom is -0.507 e. The molecule has 0 atom stereocenters. The van der Waals surface area contributed by atoms with Crippen LogP contribution >= 0.6 is 23.2 Å². The Hall–Kier alpha value is -2.23. The highest BCUT2D eigenvalue weighted by Gasteiger charge is 2.11. The van der Waals surface area contributed by atoms with Crippen molar-refractivity contribution in [2.75, 3.05) is 11.9 Å². The van der Waals surface area contributed by atoms with Gasteiger partial charge in [0.15, 0.2) is 0 Å². The summed E-state index contributed by atoms with van der Waals surface area (Å²) in [5, 5.41) is 14.6. The molecule has 25 heavy (non-hydrogen) atoms. The maximum absolute atomic E-state index is 10.3. The van der Waals surface area contributed by atoms with Gasteiger partial charge in [-0.1, -0.05) is 34.8 Å². The van der Waals surface area contributed by atoms with Gasteiger partial charge in [0.2, 0.25) is 0 Å². The minimum atomic E-state index is 0.196. The van der Waals surface area contributed by atoms with Gasteiger partial charge in [0.05, 0.1) is 5.69 Å². The van der Waals surface area contributed by atoms with E-state index in [2.05, 4.69) is 10.3 Å². The van der Waals surface area contributed by atoms with Crippen molar-refractivity contribution in [2.24, 2.45) is 0 Å². The number of phenols is 1. The van der Waals surface area contributed by atoms with E-state index < -0.39 is 0 Å². The number of hydrogen-bond acceptors (Lipinski definition) is 3. The van der Waals surface area contributed by atoms with E-state index in [9.17, 15) is 5.11 Å². The maximum atomic E-state index is 10.3. The van der Waals surface area contributed by atoms with Crippen molar-refractivity contribution < 1.29 is 5.11 Å². The number of aryl methyl sites for hydroxylation is 1. The molecule has 0 aliphatic carbocycles. The summed E-state index contributed by atoms with van der Waals surface area (Å²) in [6.07, 6.45) is 0. The molecule has 3 nitrogen and oxygen atoms in total. The summed E-state index contributed by atoms with van der Waals surface area (Å²) in [5.74, 6) is 0.925. The summed E-state index contributed by atoms with van der Waals surface area (Å²) >= 11 is 12.3. The molecule has 0 aliphatic rings. The second kappa shape index (κ2) is 7.34. The second-order valence-electron chi connectivity index (χ2n) is 5.84. The van der Waals surface area contributed by atoms with E-state index in [0.29, 0.717) is 21.3 Å². The van der Waals surface area contributed by atoms with Crippen molar-refractivity contribution in [1.82, 2.24) is 4.98 Å². The molecule has 0 amide bonds. The van der Waals surface area contributed by atoms with Crippen molar-refractivity contribution in [3.8, 4) is 28.1 Å². The first-order chi connectivity index (χ1) is 12.0. The molecule has 3 aromatic rings. The van der Waals surface area contributed by atoms with Crippen LogP contribution in [0, 0.1) is 6.92 Å². The molecule has 5 heteroatoms. The predicted molar refractivity (Wildman–Crippen MR) is 106 cm³/mol. The molecule has 0 unspecified atom stereocenters. The molecule has 0 spiro atoms. The van der Waals surface area contributed by atoms with Gasteiger partial charge in [0, 0.05) is 22.2 Å². The number of aromatic nitrogens is 1. The molecule has 1 heterocycles. The zero-order valence-electron chi connectivity index (χ0n) is 14.0. The zero-order chi connectivity index (χ0) is 18.0. The van der Waals surface area contributed by atoms with Crippen LogP contribution in [0.4, 0.5) is 5.82 Å². The van der Waals surface area contributed by atoms with Crippen LogP contribution in [0.15, 0.2) is 48.5 Å². The van der Waals surface area contributed by atoms with Crippen LogP contribution in [0.5, 0.6) is 5.75 Å². The van der Waals surface area contributed by atoms with E-state index in [-0.39, 0.29) is 5.75 Å². The van der Waals surface area contributed by atoms with Gasteiger partial charge in [-0.3, -0.25) is 0 Å². The van der Waals surface area contributed by atoms with Crippen LogP contribution < -0.4 is 5.32 Å². The monoisotopic (exact) mass is 372 g/mol. The molecular weight excluding hydrogens is 355 g/mol. The third kappa shape index (κ3) is 4.06. The van der Waals surface area contributed by atoms with Gasteiger partial charge in [-0.2, -0.15) is 0 Å². The number of halogens is 2. The first-order valence-electron chi connectivity index (χ1n) is 7.98. The molecule has 0 radical (unpaired) electrons. The van der Waals surface area contributed by atoms with E-state index in [4.69, 9.17) is 23.2 Å². The molecule has 0 saturated heterocycles. The first-order valence-corrected chi connectivity index (χ1v) is 8.74. The Kier molecular flexibility index (Phi) is 5.16.